The maximum atomic E-state index is 12.0. The highest BCUT2D eigenvalue weighted by Gasteiger charge is 2.57. The summed E-state index contributed by atoms with van der Waals surface area (Å²) >= 11 is 0. The van der Waals surface area contributed by atoms with E-state index in [9.17, 15) is 13.2 Å². The number of carbonyl (C=O) groups excluding carboxylic acids is 1. The van der Waals surface area contributed by atoms with Gasteiger partial charge in [-0.15, -0.1) is 0 Å². The van der Waals surface area contributed by atoms with Crippen molar-refractivity contribution in [3.8, 4) is 0 Å². The van der Waals surface area contributed by atoms with Gasteiger partial charge >= 0.3 is 6.09 Å². The minimum Gasteiger partial charge on any atom is -0.445 e. The number of benzene rings is 1. The van der Waals surface area contributed by atoms with Gasteiger partial charge in [-0.05, 0) is 23.3 Å². The first-order valence-corrected chi connectivity index (χ1v) is 9.06. The zero-order valence-electron chi connectivity index (χ0n) is 12.3. The number of likely N-dealkylation sites (tertiary alicyclic amines) is 1. The van der Waals surface area contributed by atoms with Gasteiger partial charge in [-0.25, -0.2) is 4.79 Å². The highest BCUT2D eigenvalue weighted by molar-refractivity contribution is 7.85. The molecule has 0 radical (unpaired) electrons. The first-order valence-electron chi connectivity index (χ1n) is 7.24. The second kappa shape index (κ2) is 5.89. The minimum absolute atomic E-state index is 0.223. The molecule has 1 aliphatic carbocycles. The van der Waals surface area contributed by atoms with Gasteiger partial charge in [-0.3, -0.25) is 4.18 Å². The molecule has 0 spiro atoms. The average Bonchev–Trinajstić information content (AvgIpc) is 2.93. The lowest BCUT2D eigenvalue weighted by Crippen LogP contribution is -2.32. The predicted octanol–water partition coefficient (Wildman–Crippen LogP) is 1.48. The molecule has 120 valence electrons. The van der Waals surface area contributed by atoms with Crippen LogP contribution in [0.5, 0.6) is 0 Å². The molecule has 0 bridgehead atoms. The second-order valence-electron chi connectivity index (χ2n) is 5.93. The minimum atomic E-state index is -3.38. The van der Waals surface area contributed by atoms with Crippen molar-refractivity contribution in [1.82, 2.24) is 4.90 Å². The Labute approximate surface area is 130 Å². The van der Waals surface area contributed by atoms with Crippen molar-refractivity contribution in [3.05, 3.63) is 35.9 Å². The van der Waals surface area contributed by atoms with Gasteiger partial charge in [-0.1, -0.05) is 30.3 Å². The van der Waals surface area contributed by atoms with Crippen molar-refractivity contribution in [2.75, 3.05) is 26.0 Å². The molecule has 3 rings (SSSR count). The Hall–Kier alpha value is -1.60. The first kappa shape index (κ1) is 15.3. The van der Waals surface area contributed by atoms with E-state index in [4.69, 9.17) is 8.92 Å². The average molecular weight is 325 g/mol. The summed E-state index contributed by atoms with van der Waals surface area (Å²) in [5.74, 6) is 0.921. The summed E-state index contributed by atoms with van der Waals surface area (Å²) in [6.45, 7) is 1.74. The monoisotopic (exact) mass is 325 g/mol. The summed E-state index contributed by atoms with van der Waals surface area (Å²) in [7, 11) is -3.38. The molecular formula is C15H19NO5S. The molecular weight excluding hydrogens is 306 g/mol. The van der Waals surface area contributed by atoms with Gasteiger partial charge in [0.25, 0.3) is 10.1 Å². The molecule has 1 aromatic rings. The maximum Gasteiger partial charge on any atom is 0.410 e. The number of amides is 1. The molecule has 2 fully saturated rings. The lowest BCUT2D eigenvalue weighted by molar-refractivity contribution is 0.0973. The number of nitrogens with zero attached hydrogens (tertiary/aromatic N) is 1. The fraction of sp³-hybridized carbons (Fsp3) is 0.533. The van der Waals surface area contributed by atoms with Gasteiger partial charge in [0.2, 0.25) is 0 Å². The molecule has 3 atom stereocenters. The van der Waals surface area contributed by atoms with Crippen LogP contribution in [0.3, 0.4) is 0 Å². The van der Waals surface area contributed by atoms with Crippen LogP contribution in [0.4, 0.5) is 4.79 Å². The fourth-order valence-corrected chi connectivity index (χ4v) is 3.46. The van der Waals surface area contributed by atoms with Crippen molar-refractivity contribution in [2.45, 2.75) is 6.61 Å². The molecule has 1 unspecified atom stereocenters. The zero-order chi connectivity index (χ0) is 15.7. The Morgan fingerprint density at radius 2 is 1.86 bits per heavy atom. The molecule has 1 amide bonds. The van der Waals surface area contributed by atoms with Crippen LogP contribution in [0, 0.1) is 17.8 Å². The third kappa shape index (κ3) is 3.59. The molecule has 1 heterocycles. The Morgan fingerprint density at radius 1 is 1.23 bits per heavy atom. The van der Waals surface area contributed by atoms with Crippen molar-refractivity contribution in [3.63, 3.8) is 0 Å². The lowest BCUT2D eigenvalue weighted by Gasteiger charge is -2.19. The molecule has 0 N–H and O–H groups in total. The Balaban J connectivity index is 1.41. The van der Waals surface area contributed by atoms with E-state index >= 15 is 0 Å². The molecule has 7 heteroatoms. The van der Waals surface area contributed by atoms with Crippen LogP contribution in [0.1, 0.15) is 5.56 Å². The summed E-state index contributed by atoms with van der Waals surface area (Å²) in [6.07, 6.45) is 0.747. The van der Waals surface area contributed by atoms with Crippen LogP contribution < -0.4 is 0 Å². The zero-order valence-corrected chi connectivity index (χ0v) is 13.2. The first-order chi connectivity index (χ1) is 10.4. The Morgan fingerprint density at radius 3 is 2.45 bits per heavy atom. The maximum absolute atomic E-state index is 12.0. The smallest absolute Gasteiger partial charge is 0.410 e. The van der Waals surface area contributed by atoms with Crippen molar-refractivity contribution in [1.29, 1.82) is 0 Å². The molecule has 6 nitrogen and oxygen atoms in total. The van der Waals surface area contributed by atoms with E-state index in [0.717, 1.165) is 11.8 Å². The summed E-state index contributed by atoms with van der Waals surface area (Å²) in [4.78, 5) is 13.7. The highest BCUT2D eigenvalue weighted by atomic mass is 32.2. The van der Waals surface area contributed by atoms with E-state index in [1.807, 2.05) is 30.3 Å². The number of rotatable bonds is 5. The quantitative estimate of drug-likeness (QED) is 0.767. The van der Waals surface area contributed by atoms with Gasteiger partial charge in [-0.2, -0.15) is 8.42 Å². The van der Waals surface area contributed by atoms with Gasteiger partial charge in [0.1, 0.15) is 6.61 Å². The van der Waals surface area contributed by atoms with E-state index < -0.39 is 10.1 Å². The molecule has 1 saturated carbocycles. The summed E-state index contributed by atoms with van der Waals surface area (Å²) in [5.41, 5.74) is 0.958. The molecule has 0 aromatic heterocycles. The van der Waals surface area contributed by atoms with Crippen LogP contribution >= 0.6 is 0 Å². The van der Waals surface area contributed by atoms with Crippen molar-refractivity contribution in [2.24, 2.45) is 17.8 Å². The van der Waals surface area contributed by atoms with Gasteiger partial charge < -0.3 is 9.64 Å². The molecule has 1 aliphatic heterocycles. The van der Waals surface area contributed by atoms with Crippen LogP contribution in [0.15, 0.2) is 30.3 Å². The standard InChI is InChI=1S/C15H19NO5S/c1-22(18,19)21-10-14-12-7-16(8-13(12)14)15(17)20-9-11-5-3-2-4-6-11/h2-6,12-14H,7-10H2,1H3/t12-,13+,14?. The van der Waals surface area contributed by atoms with Crippen molar-refractivity contribution >= 4 is 16.2 Å². The van der Waals surface area contributed by atoms with Gasteiger partial charge in [0.05, 0.1) is 12.9 Å². The summed E-state index contributed by atoms with van der Waals surface area (Å²) in [5, 5.41) is 0. The summed E-state index contributed by atoms with van der Waals surface area (Å²) < 4.78 is 32.1. The largest absolute Gasteiger partial charge is 0.445 e. The van der Waals surface area contributed by atoms with E-state index in [1.54, 1.807) is 4.90 Å². The molecule has 2 aliphatic rings. The Bertz CT molecular complexity index is 633. The van der Waals surface area contributed by atoms with E-state index in [0.29, 0.717) is 24.9 Å². The van der Waals surface area contributed by atoms with Crippen LogP contribution in [0.25, 0.3) is 0 Å². The number of hydrogen-bond acceptors (Lipinski definition) is 5. The number of fused-ring (bicyclic) bond motifs is 1. The normalized spacial score (nSPS) is 26.6. The topological polar surface area (TPSA) is 72.9 Å². The van der Waals surface area contributed by atoms with Crippen molar-refractivity contribution < 1.29 is 22.1 Å². The molecule has 22 heavy (non-hydrogen) atoms. The SMILES string of the molecule is CS(=O)(=O)OCC1[C@H]2CN(C(=O)OCc3ccccc3)C[C@@H]12. The van der Waals surface area contributed by atoms with Gasteiger partial charge in [0.15, 0.2) is 0 Å². The summed E-state index contributed by atoms with van der Waals surface area (Å²) in [6, 6.07) is 9.54. The highest BCUT2D eigenvalue weighted by Crippen LogP contribution is 2.51. The van der Waals surface area contributed by atoms with Crippen LogP contribution in [-0.2, 0) is 25.6 Å². The second-order valence-corrected chi connectivity index (χ2v) is 7.57. The van der Waals surface area contributed by atoms with Gasteiger partial charge in [0, 0.05) is 13.1 Å². The van der Waals surface area contributed by atoms with Crippen LogP contribution in [0.2, 0.25) is 0 Å². The third-order valence-corrected chi connectivity index (χ3v) is 4.87. The Kier molecular flexibility index (Phi) is 4.10. The van der Waals surface area contributed by atoms with Crippen LogP contribution in [-0.4, -0.2) is 45.4 Å². The fourth-order valence-electron chi connectivity index (χ4n) is 3.06. The number of hydrogen-bond donors (Lipinski definition) is 0. The molecule has 1 aromatic carbocycles. The number of piperidine rings is 1. The third-order valence-electron chi connectivity index (χ3n) is 4.31. The lowest BCUT2D eigenvalue weighted by atomic mass is 10.2. The van der Waals surface area contributed by atoms with E-state index in [1.165, 1.54) is 0 Å². The predicted molar refractivity (Wildman–Crippen MR) is 79.5 cm³/mol. The molecule has 1 saturated heterocycles. The number of carbonyl (C=O) groups is 1. The number of ether oxygens (including phenoxy) is 1. The van der Waals surface area contributed by atoms with E-state index in [2.05, 4.69) is 0 Å². The van der Waals surface area contributed by atoms with E-state index in [-0.39, 0.29) is 25.2 Å².